The van der Waals surface area contributed by atoms with Crippen molar-refractivity contribution in [3.63, 3.8) is 0 Å². The fourth-order valence-electron chi connectivity index (χ4n) is 3.14. The summed E-state index contributed by atoms with van der Waals surface area (Å²) in [7, 11) is -16.4. The van der Waals surface area contributed by atoms with E-state index in [4.69, 9.17) is 31.0 Å². The van der Waals surface area contributed by atoms with Gasteiger partial charge in [-0.1, -0.05) is 0 Å². The highest BCUT2D eigenvalue weighted by molar-refractivity contribution is 7.66. The van der Waals surface area contributed by atoms with E-state index in [-0.39, 0.29) is 12.0 Å². The Morgan fingerprint density at radius 2 is 1.87 bits per heavy atom. The number of phosphoric ester groups is 1. The Morgan fingerprint density at radius 1 is 1.23 bits per heavy atom. The van der Waals surface area contributed by atoms with E-state index >= 15 is 0 Å². The minimum Gasteiger partial charge on any atom is -0.368 e. The molecule has 0 aromatic carbocycles. The first-order valence-corrected chi connectivity index (χ1v) is 12.9. The summed E-state index contributed by atoms with van der Waals surface area (Å²) in [6.45, 7) is 0.862. The number of nitrogens with one attached hydrogen (secondary N) is 1. The molecule has 0 radical (unpaired) electrons. The summed E-state index contributed by atoms with van der Waals surface area (Å²) in [6, 6.07) is -0.607. The number of H-pyrrole nitrogens is 1. The number of phosphoric acid groups is 3. The van der Waals surface area contributed by atoms with E-state index in [9.17, 15) is 28.2 Å². The third-order valence-electron chi connectivity index (χ3n) is 4.31. The molecule has 170 valence electrons. The number of hydrogen-bond donors (Lipinski definition) is 5. The van der Waals surface area contributed by atoms with E-state index in [2.05, 4.69) is 18.1 Å². The number of aryl methyl sites for hydroxylation is 1. The zero-order valence-electron chi connectivity index (χ0n) is 14.9. The van der Waals surface area contributed by atoms with Gasteiger partial charge in [-0.15, -0.1) is 11.6 Å². The predicted molar refractivity (Wildman–Crippen MR) is 96.8 cm³/mol. The number of alkyl halides is 1. The number of aromatic amines is 1. The molecular weight excluding hydrogens is 496 g/mol. The van der Waals surface area contributed by atoms with Crippen molar-refractivity contribution in [1.29, 1.82) is 0 Å². The van der Waals surface area contributed by atoms with Crippen LogP contribution in [0.15, 0.2) is 15.8 Å². The molecule has 19 heteroatoms. The molecule has 2 heterocycles. The number of aromatic nitrogens is 2. The van der Waals surface area contributed by atoms with Gasteiger partial charge in [0.05, 0.1) is 23.6 Å². The number of hydrogen-bond acceptors (Lipinski definition) is 9. The zero-order valence-corrected chi connectivity index (χ0v) is 18.3. The summed E-state index contributed by atoms with van der Waals surface area (Å²) in [6.07, 6.45) is -0.173. The van der Waals surface area contributed by atoms with Gasteiger partial charge in [0.1, 0.15) is 6.10 Å². The molecular formula is C11H16ClN2O13P3. The average Bonchev–Trinajstić information content (AvgIpc) is 2.91. The van der Waals surface area contributed by atoms with Crippen LogP contribution in [0, 0.1) is 6.92 Å². The zero-order chi connectivity index (χ0) is 22.7. The van der Waals surface area contributed by atoms with Gasteiger partial charge in [-0.2, -0.15) is 8.62 Å². The number of ether oxygens (including phenoxy) is 1. The number of rotatable bonds is 8. The third-order valence-corrected chi connectivity index (χ3v) is 8.70. The Kier molecular flexibility index (Phi) is 6.18. The summed E-state index contributed by atoms with van der Waals surface area (Å²) in [5.41, 5.74) is -0.942. The second kappa shape index (κ2) is 7.73. The molecule has 2 aliphatic rings. The standard InChI is InChI=1S/C11H16ClN2O13P3/c1-5-3-14(10(16)13-9(5)15)7-8-11(7,12)2-6(25-8)4-24-29(20,21)27-30(22,23)26-28(17,18)19/h3,6-8H,2,4H2,1H3,(H,20,21)(H,22,23)(H,13,15,16)(H2,17,18,19). The highest BCUT2D eigenvalue weighted by Gasteiger charge is 2.72. The largest absolute Gasteiger partial charge is 0.490 e. The summed E-state index contributed by atoms with van der Waals surface area (Å²) < 4.78 is 52.1. The minimum absolute atomic E-state index is 0.0459. The van der Waals surface area contributed by atoms with E-state index < -0.39 is 64.4 Å². The molecule has 1 aromatic rings. The maximum absolute atomic E-state index is 12.0. The molecule has 6 atom stereocenters. The van der Waals surface area contributed by atoms with Crippen LogP contribution in [-0.4, -0.2) is 52.8 Å². The van der Waals surface area contributed by atoms with Crippen LogP contribution < -0.4 is 11.2 Å². The first kappa shape index (κ1) is 24.0. The summed E-state index contributed by atoms with van der Waals surface area (Å²) >= 11 is 6.44. The van der Waals surface area contributed by atoms with Crippen LogP contribution in [0.25, 0.3) is 0 Å². The Bertz CT molecular complexity index is 1110. The molecule has 1 saturated carbocycles. The lowest BCUT2D eigenvalue weighted by Gasteiger charge is -2.20. The highest BCUT2D eigenvalue weighted by Crippen LogP contribution is 2.67. The number of halogens is 1. The van der Waals surface area contributed by atoms with Crippen LogP contribution in [0.3, 0.4) is 0 Å². The van der Waals surface area contributed by atoms with Gasteiger partial charge in [0.2, 0.25) is 0 Å². The van der Waals surface area contributed by atoms with Gasteiger partial charge in [0.25, 0.3) is 5.56 Å². The lowest BCUT2D eigenvalue weighted by molar-refractivity contribution is 0.0193. The molecule has 0 spiro atoms. The van der Waals surface area contributed by atoms with E-state index in [1.807, 2.05) is 0 Å². The van der Waals surface area contributed by atoms with Crippen molar-refractivity contribution in [3.8, 4) is 0 Å². The molecule has 2 fully saturated rings. The lowest BCUT2D eigenvalue weighted by Crippen LogP contribution is -2.33. The summed E-state index contributed by atoms with van der Waals surface area (Å²) in [4.78, 5) is 60.0. The van der Waals surface area contributed by atoms with Crippen molar-refractivity contribution >= 4 is 35.1 Å². The normalized spacial score (nSPS) is 32.3. The van der Waals surface area contributed by atoms with Gasteiger partial charge < -0.3 is 24.3 Å². The van der Waals surface area contributed by atoms with Gasteiger partial charge in [0.15, 0.2) is 0 Å². The fourth-order valence-corrected chi connectivity index (χ4v) is 6.68. The van der Waals surface area contributed by atoms with Crippen LogP contribution in [0.1, 0.15) is 18.0 Å². The van der Waals surface area contributed by atoms with Crippen molar-refractivity contribution in [1.82, 2.24) is 9.55 Å². The van der Waals surface area contributed by atoms with Gasteiger partial charge in [-0.05, 0) is 13.3 Å². The molecule has 15 nitrogen and oxygen atoms in total. The second-order valence-electron chi connectivity index (χ2n) is 6.62. The molecule has 1 saturated heterocycles. The summed E-state index contributed by atoms with van der Waals surface area (Å²) in [5.74, 6) is 0. The first-order chi connectivity index (χ1) is 13.5. The predicted octanol–water partition coefficient (Wildman–Crippen LogP) is -0.122. The highest BCUT2D eigenvalue weighted by atomic mass is 35.5. The second-order valence-corrected chi connectivity index (χ2v) is 11.7. The molecule has 0 bridgehead atoms. The SMILES string of the molecule is Cc1cn(C2C3OC(COP(=O)(O)OP(=O)(O)OP(=O)(O)O)CC32Cl)c(=O)[nH]c1=O. The fraction of sp³-hybridized carbons (Fsp3) is 0.636. The summed E-state index contributed by atoms with van der Waals surface area (Å²) in [5, 5.41) is 0. The van der Waals surface area contributed by atoms with Crippen LogP contribution in [0.5, 0.6) is 0 Å². The molecule has 1 aliphatic carbocycles. The van der Waals surface area contributed by atoms with Crippen molar-refractivity contribution in [2.45, 2.75) is 36.5 Å². The number of nitrogens with zero attached hydrogens (tertiary/aromatic N) is 1. The molecule has 6 unspecified atom stereocenters. The first-order valence-electron chi connectivity index (χ1n) is 7.98. The van der Waals surface area contributed by atoms with Crippen molar-refractivity contribution < 1.29 is 51.2 Å². The molecule has 3 rings (SSSR count). The molecule has 0 amide bonds. The topological polar surface area (TPSA) is 224 Å². The Balaban J connectivity index is 1.59. The van der Waals surface area contributed by atoms with Crippen molar-refractivity contribution in [3.05, 3.63) is 32.6 Å². The molecule has 1 aromatic heterocycles. The quantitative estimate of drug-likeness (QED) is 0.226. The van der Waals surface area contributed by atoms with Gasteiger partial charge >= 0.3 is 29.2 Å². The van der Waals surface area contributed by atoms with Crippen LogP contribution in [0.2, 0.25) is 0 Å². The van der Waals surface area contributed by atoms with Crippen molar-refractivity contribution in [2.24, 2.45) is 0 Å². The van der Waals surface area contributed by atoms with E-state index in [1.54, 1.807) is 0 Å². The van der Waals surface area contributed by atoms with E-state index in [1.165, 1.54) is 17.7 Å². The van der Waals surface area contributed by atoms with Crippen molar-refractivity contribution in [2.75, 3.05) is 6.61 Å². The smallest absolute Gasteiger partial charge is 0.368 e. The maximum Gasteiger partial charge on any atom is 0.490 e. The Labute approximate surface area is 172 Å². The van der Waals surface area contributed by atoms with Gasteiger partial charge in [-0.3, -0.25) is 18.9 Å². The molecule has 5 N–H and O–H groups in total. The Morgan fingerprint density at radius 3 is 2.40 bits per heavy atom. The lowest BCUT2D eigenvalue weighted by atomic mass is 10.2. The third kappa shape index (κ3) is 5.21. The minimum atomic E-state index is -5.61. The maximum atomic E-state index is 12.0. The monoisotopic (exact) mass is 512 g/mol. The Hall–Kier alpha value is -0.660. The average molecular weight is 513 g/mol. The van der Waals surface area contributed by atoms with E-state index in [0.717, 1.165) is 0 Å². The van der Waals surface area contributed by atoms with Gasteiger partial charge in [0, 0.05) is 11.8 Å². The van der Waals surface area contributed by atoms with Crippen LogP contribution in [-0.2, 0) is 31.6 Å². The molecule has 1 aliphatic heterocycles. The van der Waals surface area contributed by atoms with Crippen LogP contribution >= 0.6 is 35.1 Å². The van der Waals surface area contributed by atoms with E-state index in [0.29, 0.717) is 0 Å². The molecule has 30 heavy (non-hydrogen) atoms. The number of fused-ring (bicyclic) bond motifs is 1. The van der Waals surface area contributed by atoms with Gasteiger partial charge in [-0.25, -0.2) is 18.5 Å². The van der Waals surface area contributed by atoms with Crippen LogP contribution in [0.4, 0.5) is 0 Å².